The smallest absolute Gasteiger partial charge is 0.410 e. The monoisotopic (exact) mass is 450 g/mol. The van der Waals surface area contributed by atoms with Gasteiger partial charge in [0.25, 0.3) is 11.8 Å². The second-order valence-electron chi connectivity index (χ2n) is 8.15. The van der Waals surface area contributed by atoms with Crippen LogP contribution >= 0.6 is 11.6 Å². The lowest BCUT2D eigenvalue weighted by atomic mass is 10.2. The maximum atomic E-state index is 13.4. The SMILES string of the molecule is CC(C)(C)OC(=O)N1CCC[C@H]1C(=O)Nn1ccc(Cl)c1C(=O)Nc1cccc(F)c1. The number of nitrogens with zero attached hydrogens (tertiary/aromatic N) is 2. The molecule has 1 atom stereocenters. The number of carbonyl (C=O) groups is 3. The van der Waals surface area contributed by atoms with Gasteiger partial charge < -0.3 is 10.1 Å². The first-order chi connectivity index (χ1) is 14.5. The average molecular weight is 451 g/mol. The number of carbonyl (C=O) groups excluding carboxylic acids is 3. The van der Waals surface area contributed by atoms with Crippen LogP contribution < -0.4 is 10.7 Å². The van der Waals surface area contributed by atoms with Crippen LogP contribution in [0.25, 0.3) is 0 Å². The van der Waals surface area contributed by atoms with Crippen LogP contribution in [0.4, 0.5) is 14.9 Å². The molecule has 1 aromatic carbocycles. The Morgan fingerprint density at radius 1 is 1.23 bits per heavy atom. The van der Waals surface area contributed by atoms with Crippen LogP contribution in [0, 0.1) is 5.82 Å². The number of halogens is 2. The van der Waals surface area contributed by atoms with Gasteiger partial charge in [-0.15, -0.1) is 0 Å². The summed E-state index contributed by atoms with van der Waals surface area (Å²) in [5.74, 6) is -1.61. The zero-order valence-corrected chi connectivity index (χ0v) is 18.2. The Balaban J connectivity index is 1.73. The molecule has 1 aromatic heterocycles. The van der Waals surface area contributed by atoms with Crippen molar-refractivity contribution in [3.8, 4) is 0 Å². The second kappa shape index (κ2) is 8.97. The summed E-state index contributed by atoms with van der Waals surface area (Å²) in [6.07, 6.45) is 1.97. The third kappa shape index (κ3) is 5.55. The number of likely N-dealkylation sites (tertiary alicyclic amines) is 1. The van der Waals surface area contributed by atoms with Crippen LogP contribution in [0.2, 0.25) is 5.02 Å². The molecule has 1 aliphatic heterocycles. The van der Waals surface area contributed by atoms with Crippen molar-refractivity contribution in [1.29, 1.82) is 0 Å². The number of anilines is 1. The first kappa shape index (κ1) is 22.6. The number of rotatable bonds is 4. The zero-order valence-electron chi connectivity index (χ0n) is 17.4. The van der Waals surface area contributed by atoms with Crippen LogP contribution in [-0.2, 0) is 9.53 Å². The normalized spacial score (nSPS) is 16.2. The number of benzene rings is 1. The fourth-order valence-corrected chi connectivity index (χ4v) is 3.48. The Bertz CT molecular complexity index is 1000. The zero-order chi connectivity index (χ0) is 22.8. The lowest BCUT2D eigenvalue weighted by Gasteiger charge is -2.28. The highest BCUT2D eigenvalue weighted by Crippen LogP contribution is 2.23. The predicted octanol–water partition coefficient (Wildman–Crippen LogP) is 4.00. The molecule has 0 radical (unpaired) electrons. The molecule has 3 rings (SSSR count). The van der Waals surface area contributed by atoms with E-state index in [1.807, 2.05) is 0 Å². The number of hydrogen-bond acceptors (Lipinski definition) is 4. The average Bonchev–Trinajstić information content (AvgIpc) is 3.27. The van der Waals surface area contributed by atoms with Crippen LogP contribution in [0.5, 0.6) is 0 Å². The highest BCUT2D eigenvalue weighted by atomic mass is 35.5. The van der Waals surface area contributed by atoms with Crippen molar-refractivity contribution in [1.82, 2.24) is 9.58 Å². The van der Waals surface area contributed by atoms with Gasteiger partial charge in [-0.2, -0.15) is 0 Å². The minimum atomic E-state index is -0.741. The van der Waals surface area contributed by atoms with Crippen molar-refractivity contribution in [3.63, 3.8) is 0 Å². The summed E-state index contributed by atoms with van der Waals surface area (Å²) in [7, 11) is 0. The van der Waals surface area contributed by atoms with E-state index in [0.717, 1.165) is 6.07 Å². The van der Waals surface area contributed by atoms with Gasteiger partial charge in [-0.05, 0) is 57.9 Å². The Morgan fingerprint density at radius 2 is 1.97 bits per heavy atom. The van der Waals surface area contributed by atoms with E-state index in [2.05, 4.69) is 10.7 Å². The largest absolute Gasteiger partial charge is 0.444 e. The van der Waals surface area contributed by atoms with Crippen molar-refractivity contribution in [3.05, 3.63) is 53.1 Å². The molecule has 2 aromatic rings. The third-order valence-electron chi connectivity index (χ3n) is 4.55. The number of aromatic nitrogens is 1. The third-order valence-corrected chi connectivity index (χ3v) is 4.85. The van der Waals surface area contributed by atoms with E-state index in [9.17, 15) is 18.8 Å². The molecule has 1 aliphatic rings. The van der Waals surface area contributed by atoms with E-state index < -0.39 is 35.4 Å². The fraction of sp³-hybridized carbons (Fsp3) is 0.381. The van der Waals surface area contributed by atoms with Gasteiger partial charge in [0.05, 0.1) is 5.02 Å². The van der Waals surface area contributed by atoms with E-state index in [4.69, 9.17) is 16.3 Å². The molecule has 0 unspecified atom stereocenters. The van der Waals surface area contributed by atoms with E-state index in [-0.39, 0.29) is 16.4 Å². The summed E-state index contributed by atoms with van der Waals surface area (Å²) >= 11 is 6.14. The molecule has 0 spiro atoms. The molecular weight excluding hydrogens is 427 g/mol. The second-order valence-corrected chi connectivity index (χ2v) is 8.56. The van der Waals surface area contributed by atoms with Gasteiger partial charge in [-0.3, -0.25) is 24.6 Å². The van der Waals surface area contributed by atoms with Gasteiger partial charge >= 0.3 is 6.09 Å². The minimum absolute atomic E-state index is 0.0268. The fourth-order valence-electron chi connectivity index (χ4n) is 3.25. The minimum Gasteiger partial charge on any atom is -0.444 e. The summed E-state index contributed by atoms with van der Waals surface area (Å²) in [6, 6.07) is 6.10. The molecule has 0 saturated carbocycles. The molecule has 2 N–H and O–H groups in total. The van der Waals surface area contributed by atoms with E-state index >= 15 is 0 Å². The van der Waals surface area contributed by atoms with Crippen molar-refractivity contribution in [2.24, 2.45) is 0 Å². The summed E-state index contributed by atoms with van der Waals surface area (Å²) in [6.45, 7) is 5.65. The highest BCUT2D eigenvalue weighted by molar-refractivity contribution is 6.34. The van der Waals surface area contributed by atoms with Gasteiger partial charge in [0.15, 0.2) is 0 Å². The molecule has 1 fully saturated rings. The summed E-state index contributed by atoms with van der Waals surface area (Å²) < 4.78 is 20.0. The van der Waals surface area contributed by atoms with E-state index in [0.29, 0.717) is 19.4 Å². The molecule has 8 nitrogen and oxygen atoms in total. The van der Waals surface area contributed by atoms with Gasteiger partial charge in [0.2, 0.25) is 0 Å². The van der Waals surface area contributed by atoms with Crippen LogP contribution in [0.15, 0.2) is 36.5 Å². The number of hydrogen-bond donors (Lipinski definition) is 2. The molecule has 31 heavy (non-hydrogen) atoms. The molecule has 10 heteroatoms. The molecule has 1 saturated heterocycles. The van der Waals surface area contributed by atoms with Crippen LogP contribution in [-0.4, -0.2) is 45.7 Å². The van der Waals surface area contributed by atoms with Crippen LogP contribution in [0.1, 0.15) is 44.1 Å². The molecule has 0 bridgehead atoms. The first-order valence-electron chi connectivity index (χ1n) is 9.79. The maximum absolute atomic E-state index is 13.4. The van der Waals surface area contributed by atoms with Crippen LogP contribution in [0.3, 0.4) is 0 Å². The lowest BCUT2D eigenvalue weighted by molar-refractivity contribution is -0.121. The summed E-state index contributed by atoms with van der Waals surface area (Å²) in [4.78, 5) is 39.4. The number of amides is 3. The molecular formula is C21H24ClFN4O4. The van der Waals surface area contributed by atoms with Crippen molar-refractivity contribution < 1.29 is 23.5 Å². The van der Waals surface area contributed by atoms with Gasteiger partial charge in [-0.1, -0.05) is 17.7 Å². The summed E-state index contributed by atoms with van der Waals surface area (Å²) in [5.41, 5.74) is 2.14. The lowest BCUT2D eigenvalue weighted by Crippen LogP contribution is -2.47. The first-order valence-corrected chi connectivity index (χ1v) is 10.2. The standard InChI is InChI=1S/C21H24ClFN4O4/c1-21(2,3)31-20(30)26-10-5-8-16(26)18(28)25-27-11-9-15(22)17(27)19(29)24-14-7-4-6-13(23)12-14/h4,6-7,9,11-12,16H,5,8,10H2,1-3H3,(H,24,29)(H,25,28)/t16-/m0/s1. The number of ether oxygens (including phenoxy) is 1. The Kier molecular flexibility index (Phi) is 6.54. The molecule has 0 aliphatic carbocycles. The van der Waals surface area contributed by atoms with Gasteiger partial charge in [0.1, 0.15) is 23.2 Å². The number of nitrogens with one attached hydrogen (secondary N) is 2. The van der Waals surface area contributed by atoms with Crippen molar-refractivity contribution >= 4 is 35.2 Å². The molecule has 166 valence electrons. The quantitative estimate of drug-likeness (QED) is 0.736. The van der Waals surface area contributed by atoms with E-state index in [1.165, 1.54) is 40.0 Å². The maximum Gasteiger partial charge on any atom is 0.410 e. The highest BCUT2D eigenvalue weighted by Gasteiger charge is 2.37. The van der Waals surface area contributed by atoms with Gasteiger partial charge in [0, 0.05) is 18.4 Å². The Hall–Kier alpha value is -3.07. The molecule has 3 amide bonds. The Morgan fingerprint density at radius 3 is 2.65 bits per heavy atom. The topological polar surface area (TPSA) is 92.7 Å². The van der Waals surface area contributed by atoms with E-state index in [1.54, 1.807) is 20.8 Å². The molecule has 2 heterocycles. The van der Waals surface area contributed by atoms with Crippen molar-refractivity contribution in [2.45, 2.75) is 45.3 Å². The van der Waals surface area contributed by atoms with Crippen molar-refractivity contribution in [2.75, 3.05) is 17.3 Å². The summed E-state index contributed by atoms with van der Waals surface area (Å²) in [5, 5.41) is 2.64. The van der Waals surface area contributed by atoms with Gasteiger partial charge in [-0.25, -0.2) is 9.18 Å². The predicted molar refractivity (Wildman–Crippen MR) is 114 cm³/mol. The Labute approximate surface area is 184 Å².